The van der Waals surface area contributed by atoms with Crippen LogP contribution in [0.5, 0.6) is 5.75 Å². The first-order valence-corrected chi connectivity index (χ1v) is 15.0. The maximum Gasteiger partial charge on any atom is 0.410 e. The van der Waals surface area contributed by atoms with Crippen LogP contribution in [0.2, 0.25) is 0 Å². The quantitative estimate of drug-likeness (QED) is 0.397. The van der Waals surface area contributed by atoms with E-state index in [4.69, 9.17) is 9.47 Å². The zero-order valence-corrected chi connectivity index (χ0v) is 25.3. The van der Waals surface area contributed by atoms with Crippen molar-refractivity contribution in [2.45, 2.75) is 51.2 Å². The lowest BCUT2D eigenvalue weighted by molar-refractivity contribution is -0.00383. The minimum absolute atomic E-state index is 0.0993. The van der Waals surface area contributed by atoms with E-state index in [0.29, 0.717) is 33.7 Å². The number of piperidine rings is 1. The Labute approximate surface area is 241 Å². The summed E-state index contributed by atoms with van der Waals surface area (Å²) in [5.74, 6) is 2.27. The van der Waals surface area contributed by atoms with Crippen LogP contribution in [-0.2, 0) is 4.74 Å². The standard InChI is InChI=1S/C28H36BrN5O4S/c1-28(2,3)38-27(36)33-14-18(15-33)9-11-37-22-7-5-19(6-8-22)20-13-21(17-32(4)16-20)30-24-23(29)25(35)34-10-12-39-26(34)31-24/h5-8,10,12,18,20-21,30H,9,11,13-17H2,1-4H3/t20-,21+/m0/s1. The number of aromatic nitrogens is 2. The number of fused-ring (bicyclic) bond motifs is 1. The second-order valence-electron chi connectivity index (χ2n) is 11.6. The van der Waals surface area contributed by atoms with Crippen LogP contribution in [0.25, 0.3) is 4.96 Å². The SMILES string of the molecule is CN1C[C@H](Nc2nc3sccn3c(=O)c2Br)C[C@H](c2ccc(OCCC3CN(C(=O)OC(C)(C)C)C3)cc2)C1. The maximum atomic E-state index is 12.7. The third-order valence-electron chi connectivity index (χ3n) is 7.14. The van der Waals surface area contributed by atoms with Crippen molar-refractivity contribution in [1.29, 1.82) is 0 Å². The van der Waals surface area contributed by atoms with E-state index in [1.54, 1.807) is 15.5 Å². The van der Waals surface area contributed by atoms with Gasteiger partial charge in [0, 0.05) is 43.8 Å². The molecule has 0 radical (unpaired) electrons. The Morgan fingerprint density at radius 2 is 1.92 bits per heavy atom. The molecule has 1 aromatic carbocycles. The fourth-order valence-electron chi connectivity index (χ4n) is 5.22. The number of halogens is 1. The average molecular weight is 619 g/mol. The zero-order valence-electron chi connectivity index (χ0n) is 22.9. The minimum Gasteiger partial charge on any atom is -0.494 e. The van der Waals surface area contributed by atoms with Crippen LogP contribution in [0.1, 0.15) is 45.1 Å². The van der Waals surface area contributed by atoms with Gasteiger partial charge in [-0.15, -0.1) is 11.3 Å². The lowest BCUT2D eigenvalue weighted by Crippen LogP contribution is -2.51. The van der Waals surface area contributed by atoms with E-state index in [0.717, 1.165) is 44.8 Å². The van der Waals surface area contributed by atoms with E-state index in [-0.39, 0.29) is 17.7 Å². The second-order valence-corrected chi connectivity index (χ2v) is 13.3. The first-order chi connectivity index (χ1) is 18.6. The molecule has 11 heteroatoms. The molecule has 0 saturated carbocycles. The normalized spacial score (nSPS) is 20.6. The number of thiazole rings is 1. The van der Waals surface area contributed by atoms with Crippen molar-refractivity contribution in [2.24, 2.45) is 5.92 Å². The van der Waals surface area contributed by atoms with Crippen molar-refractivity contribution < 1.29 is 14.3 Å². The molecular formula is C28H36BrN5O4S. The van der Waals surface area contributed by atoms with E-state index < -0.39 is 5.60 Å². The molecule has 1 N–H and O–H groups in total. The molecule has 2 aliphatic heterocycles. The van der Waals surface area contributed by atoms with E-state index in [9.17, 15) is 9.59 Å². The monoisotopic (exact) mass is 617 g/mol. The molecule has 2 aromatic heterocycles. The Hall–Kier alpha value is -2.63. The Balaban J connectivity index is 1.11. The first-order valence-electron chi connectivity index (χ1n) is 13.4. The van der Waals surface area contributed by atoms with E-state index in [1.165, 1.54) is 16.9 Å². The molecule has 2 atom stereocenters. The molecule has 2 saturated heterocycles. The van der Waals surface area contributed by atoms with Crippen molar-refractivity contribution in [2.75, 3.05) is 45.2 Å². The van der Waals surface area contributed by atoms with Crippen LogP contribution in [-0.4, -0.2) is 76.8 Å². The zero-order chi connectivity index (χ0) is 27.7. The number of amides is 1. The largest absolute Gasteiger partial charge is 0.494 e. The van der Waals surface area contributed by atoms with Gasteiger partial charge in [0.25, 0.3) is 5.56 Å². The van der Waals surface area contributed by atoms with Crippen LogP contribution < -0.4 is 15.6 Å². The fraction of sp³-hybridized carbons (Fsp3) is 0.536. The summed E-state index contributed by atoms with van der Waals surface area (Å²) in [5, 5.41) is 5.39. The van der Waals surface area contributed by atoms with Crippen molar-refractivity contribution in [3.63, 3.8) is 0 Å². The molecule has 0 spiro atoms. The number of likely N-dealkylation sites (tertiary alicyclic amines) is 2. The van der Waals surface area contributed by atoms with Crippen molar-refractivity contribution in [3.8, 4) is 5.75 Å². The molecule has 210 valence electrons. The van der Waals surface area contributed by atoms with E-state index in [1.807, 2.05) is 38.3 Å². The second kappa shape index (κ2) is 11.5. The Kier molecular flexibility index (Phi) is 8.21. The van der Waals surface area contributed by atoms with Gasteiger partial charge in [0.1, 0.15) is 21.6 Å². The predicted molar refractivity (Wildman–Crippen MR) is 157 cm³/mol. The average Bonchev–Trinajstić information content (AvgIpc) is 3.31. The molecule has 4 heterocycles. The summed E-state index contributed by atoms with van der Waals surface area (Å²) in [6, 6.07) is 8.57. The number of benzene rings is 1. The third kappa shape index (κ3) is 6.75. The number of carbonyl (C=O) groups excluding carboxylic acids is 1. The van der Waals surface area contributed by atoms with Gasteiger partial charge in [0.15, 0.2) is 4.96 Å². The molecule has 5 rings (SSSR count). The molecular weight excluding hydrogens is 582 g/mol. The maximum absolute atomic E-state index is 12.7. The Bertz CT molecular complexity index is 1360. The Morgan fingerprint density at radius 1 is 1.18 bits per heavy atom. The minimum atomic E-state index is -0.462. The fourth-order valence-corrected chi connectivity index (χ4v) is 6.32. The van der Waals surface area contributed by atoms with Crippen LogP contribution in [0.15, 0.2) is 45.1 Å². The van der Waals surface area contributed by atoms with Gasteiger partial charge < -0.3 is 24.6 Å². The van der Waals surface area contributed by atoms with Crippen molar-refractivity contribution >= 4 is 44.1 Å². The number of hydrogen-bond acceptors (Lipinski definition) is 8. The molecule has 2 aliphatic rings. The summed E-state index contributed by atoms with van der Waals surface area (Å²) in [6.45, 7) is 9.58. The van der Waals surface area contributed by atoms with Crippen LogP contribution in [0.4, 0.5) is 10.6 Å². The third-order valence-corrected chi connectivity index (χ3v) is 8.61. The van der Waals surface area contributed by atoms with Crippen LogP contribution in [0, 0.1) is 5.92 Å². The van der Waals surface area contributed by atoms with E-state index >= 15 is 0 Å². The van der Waals surface area contributed by atoms with Gasteiger partial charge >= 0.3 is 6.09 Å². The van der Waals surface area contributed by atoms with Crippen molar-refractivity contribution in [3.05, 3.63) is 56.2 Å². The topological polar surface area (TPSA) is 88.4 Å². The number of anilines is 1. The van der Waals surface area contributed by atoms with Gasteiger partial charge in [0.2, 0.25) is 0 Å². The molecule has 2 fully saturated rings. The van der Waals surface area contributed by atoms with Gasteiger partial charge in [-0.05, 0) is 86.1 Å². The predicted octanol–water partition coefficient (Wildman–Crippen LogP) is 5.05. The summed E-state index contributed by atoms with van der Waals surface area (Å²) < 4.78 is 13.4. The lowest BCUT2D eigenvalue weighted by Gasteiger charge is -2.39. The number of carbonyl (C=O) groups is 1. The summed E-state index contributed by atoms with van der Waals surface area (Å²) in [6.07, 6.45) is 3.36. The molecule has 39 heavy (non-hydrogen) atoms. The highest BCUT2D eigenvalue weighted by Crippen LogP contribution is 2.30. The van der Waals surface area contributed by atoms with Gasteiger partial charge in [-0.2, -0.15) is 0 Å². The summed E-state index contributed by atoms with van der Waals surface area (Å²) in [5.41, 5.74) is 0.710. The summed E-state index contributed by atoms with van der Waals surface area (Å²) in [4.78, 5) is 34.2. The van der Waals surface area contributed by atoms with Crippen LogP contribution in [0.3, 0.4) is 0 Å². The van der Waals surface area contributed by atoms with Gasteiger partial charge in [-0.1, -0.05) is 12.1 Å². The highest BCUT2D eigenvalue weighted by Gasteiger charge is 2.33. The summed E-state index contributed by atoms with van der Waals surface area (Å²) in [7, 11) is 2.13. The number of nitrogens with one attached hydrogen (secondary N) is 1. The summed E-state index contributed by atoms with van der Waals surface area (Å²) >= 11 is 4.90. The smallest absolute Gasteiger partial charge is 0.410 e. The molecule has 3 aromatic rings. The van der Waals surface area contributed by atoms with Crippen LogP contribution >= 0.6 is 27.3 Å². The van der Waals surface area contributed by atoms with E-state index in [2.05, 4.69) is 50.3 Å². The highest BCUT2D eigenvalue weighted by molar-refractivity contribution is 9.10. The molecule has 9 nitrogen and oxygen atoms in total. The number of ether oxygens (including phenoxy) is 2. The number of nitrogens with zero attached hydrogens (tertiary/aromatic N) is 4. The van der Waals surface area contributed by atoms with Gasteiger partial charge in [-0.25, -0.2) is 9.78 Å². The Morgan fingerprint density at radius 3 is 2.64 bits per heavy atom. The first kappa shape index (κ1) is 27.9. The molecule has 0 unspecified atom stereocenters. The lowest BCUT2D eigenvalue weighted by atomic mass is 9.88. The van der Waals surface area contributed by atoms with Crippen molar-refractivity contribution in [1.82, 2.24) is 19.2 Å². The highest BCUT2D eigenvalue weighted by atomic mass is 79.9. The van der Waals surface area contributed by atoms with Gasteiger partial charge in [0.05, 0.1) is 6.61 Å². The molecule has 0 bridgehead atoms. The molecule has 0 aliphatic carbocycles. The molecule has 1 amide bonds. The van der Waals surface area contributed by atoms with Gasteiger partial charge in [-0.3, -0.25) is 9.20 Å². The number of rotatable bonds is 7. The number of hydrogen-bond donors (Lipinski definition) is 1. The number of likely N-dealkylation sites (N-methyl/N-ethyl adjacent to an activating group) is 1.